The number of nitrogens with zero attached hydrogens (tertiary/aromatic N) is 2. The van der Waals surface area contributed by atoms with Gasteiger partial charge in [-0.05, 0) is 24.7 Å². The molecule has 114 valence electrons. The van der Waals surface area contributed by atoms with E-state index in [-0.39, 0.29) is 11.8 Å². The average Bonchev–Trinajstić information content (AvgIpc) is 2.48. The highest BCUT2D eigenvalue weighted by atomic mass is 16.5. The second-order valence-electron chi connectivity index (χ2n) is 5.10. The van der Waals surface area contributed by atoms with Crippen LogP contribution >= 0.6 is 0 Å². The minimum atomic E-state index is -0.0368. The number of rotatable bonds is 8. The summed E-state index contributed by atoms with van der Waals surface area (Å²) in [5.74, 6) is 0.811. The van der Waals surface area contributed by atoms with Gasteiger partial charge in [0.05, 0.1) is 12.5 Å². The molecule has 1 aromatic carbocycles. The number of nitriles is 1. The summed E-state index contributed by atoms with van der Waals surface area (Å²) in [6, 6.07) is 9.66. The molecule has 0 spiro atoms. The lowest BCUT2D eigenvalue weighted by Crippen LogP contribution is -2.36. The maximum atomic E-state index is 11.4. The molecule has 1 rings (SSSR count). The first kappa shape index (κ1) is 17.0. The zero-order chi connectivity index (χ0) is 15.7. The van der Waals surface area contributed by atoms with Crippen molar-refractivity contribution in [3.63, 3.8) is 0 Å². The third-order valence-electron chi connectivity index (χ3n) is 3.23. The summed E-state index contributed by atoms with van der Waals surface area (Å²) in [7, 11) is 3.62. The minimum Gasteiger partial charge on any atom is -0.492 e. The van der Waals surface area contributed by atoms with Gasteiger partial charge in [-0.2, -0.15) is 5.26 Å². The zero-order valence-electron chi connectivity index (χ0n) is 12.9. The van der Waals surface area contributed by atoms with Crippen LogP contribution in [-0.4, -0.2) is 44.6 Å². The van der Waals surface area contributed by atoms with Crippen LogP contribution < -0.4 is 10.1 Å². The molecule has 1 atom stereocenters. The molecule has 0 aliphatic carbocycles. The molecule has 0 bridgehead atoms. The summed E-state index contributed by atoms with van der Waals surface area (Å²) >= 11 is 0. The molecule has 0 aliphatic heterocycles. The van der Waals surface area contributed by atoms with E-state index in [1.165, 1.54) is 0 Å². The van der Waals surface area contributed by atoms with E-state index in [2.05, 4.69) is 16.3 Å². The molecule has 5 heteroatoms. The summed E-state index contributed by atoms with van der Waals surface area (Å²) in [5.41, 5.74) is 0.987. The number of carbonyl (C=O) groups excluding carboxylic acids is 1. The Morgan fingerprint density at radius 1 is 1.43 bits per heavy atom. The highest BCUT2D eigenvalue weighted by Crippen LogP contribution is 2.12. The van der Waals surface area contributed by atoms with Crippen molar-refractivity contribution in [2.75, 3.05) is 33.8 Å². The van der Waals surface area contributed by atoms with Crippen LogP contribution in [-0.2, 0) is 11.2 Å². The predicted octanol–water partition coefficient (Wildman–Crippen LogP) is 1.45. The van der Waals surface area contributed by atoms with Crippen LogP contribution in [0.3, 0.4) is 0 Å². The van der Waals surface area contributed by atoms with E-state index < -0.39 is 0 Å². The molecular weight excluding hydrogens is 266 g/mol. The van der Waals surface area contributed by atoms with Crippen molar-refractivity contribution >= 4 is 5.91 Å². The van der Waals surface area contributed by atoms with E-state index in [0.717, 1.165) is 17.9 Å². The van der Waals surface area contributed by atoms with Gasteiger partial charge in [0.15, 0.2) is 0 Å². The zero-order valence-corrected chi connectivity index (χ0v) is 12.9. The van der Waals surface area contributed by atoms with Crippen LogP contribution in [0.4, 0.5) is 0 Å². The number of benzene rings is 1. The molecule has 1 N–H and O–H groups in total. The van der Waals surface area contributed by atoms with Crippen molar-refractivity contribution in [2.45, 2.75) is 13.3 Å². The van der Waals surface area contributed by atoms with Crippen molar-refractivity contribution in [1.82, 2.24) is 10.2 Å². The standard InChI is InChI=1S/C16H23N3O2/c1-13(16(20)18-2)12-19(3)10-11-21-15-6-4-14(5-7-15)8-9-17/h4-7,13H,8,10-12H2,1-3H3,(H,18,20). The van der Waals surface area contributed by atoms with Gasteiger partial charge in [0, 0.05) is 26.1 Å². The Hall–Kier alpha value is -2.06. The van der Waals surface area contributed by atoms with Crippen LogP contribution in [0.25, 0.3) is 0 Å². The first-order valence-corrected chi connectivity index (χ1v) is 7.05. The summed E-state index contributed by atoms with van der Waals surface area (Å²) < 4.78 is 5.65. The van der Waals surface area contributed by atoms with Crippen LogP contribution in [0, 0.1) is 17.2 Å². The fourth-order valence-corrected chi connectivity index (χ4v) is 2.00. The number of carbonyl (C=O) groups is 1. The monoisotopic (exact) mass is 289 g/mol. The predicted molar refractivity (Wildman–Crippen MR) is 82.0 cm³/mol. The summed E-state index contributed by atoms with van der Waals surface area (Å²) in [5, 5.41) is 11.3. The smallest absolute Gasteiger partial charge is 0.223 e. The molecule has 0 radical (unpaired) electrons. The lowest BCUT2D eigenvalue weighted by atomic mass is 10.1. The Bertz CT molecular complexity index is 479. The van der Waals surface area contributed by atoms with Crippen molar-refractivity contribution in [1.29, 1.82) is 5.26 Å². The fourth-order valence-electron chi connectivity index (χ4n) is 2.00. The number of ether oxygens (including phenoxy) is 1. The minimum absolute atomic E-state index is 0.0368. The summed E-state index contributed by atoms with van der Waals surface area (Å²) in [6.45, 7) is 3.92. The van der Waals surface area contributed by atoms with Crippen molar-refractivity contribution in [3.8, 4) is 11.8 Å². The van der Waals surface area contributed by atoms with Crippen molar-refractivity contribution in [3.05, 3.63) is 29.8 Å². The van der Waals surface area contributed by atoms with E-state index in [1.54, 1.807) is 7.05 Å². The fraction of sp³-hybridized carbons (Fsp3) is 0.500. The Morgan fingerprint density at radius 3 is 2.67 bits per heavy atom. The molecule has 0 aromatic heterocycles. The van der Waals surface area contributed by atoms with Gasteiger partial charge in [0.1, 0.15) is 12.4 Å². The molecule has 1 amide bonds. The highest BCUT2D eigenvalue weighted by Gasteiger charge is 2.13. The highest BCUT2D eigenvalue weighted by molar-refractivity contribution is 5.78. The molecule has 0 aliphatic rings. The largest absolute Gasteiger partial charge is 0.492 e. The molecule has 0 fully saturated rings. The number of nitrogens with one attached hydrogen (secondary N) is 1. The first-order chi connectivity index (χ1) is 10.1. The van der Waals surface area contributed by atoms with Crippen LogP contribution in [0.1, 0.15) is 12.5 Å². The van der Waals surface area contributed by atoms with Gasteiger partial charge in [-0.15, -0.1) is 0 Å². The normalized spacial score (nSPS) is 11.8. The first-order valence-electron chi connectivity index (χ1n) is 7.05. The second kappa shape index (κ2) is 8.98. The molecule has 1 unspecified atom stereocenters. The average molecular weight is 289 g/mol. The summed E-state index contributed by atoms with van der Waals surface area (Å²) in [4.78, 5) is 13.5. The third kappa shape index (κ3) is 6.28. The van der Waals surface area contributed by atoms with E-state index >= 15 is 0 Å². The molecule has 0 saturated carbocycles. The number of likely N-dealkylation sites (N-methyl/N-ethyl adjacent to an activating group) is 1. The molecular formula is C16H23N3O2. The Balaban J connectivity index is 2.29. The van der Waals surface area contributed by atoms with E-state index in [1.807, 2.05) is 38.2 Å². The molecule has 0 saturated heterocycles. The Kier molecular flexibility index (Phi) is 7.27. The van der Waals surface area contributed by atoms with Crippen LogP contribution in [0.5, 0.6) is 5.75 Å². The molecule has 1 aromatic rings. The topological polar surface area (TPSA) is 65.4 Å². The lowest BCUT2D eigenvalue weighted by Gasteiger charge is -2.20. The van der Waals surface area contributed by atoms with Gasteiger partial charge in [-0.25, -0.2) is 0 Å². The molecule has 5 nitrogen and oxygen atoms in total. The van der Waals surface area contributed by atoms with Gasteiger partial charge >= 0.3 is 0 Å². The Labute approximate surface area is 126 Å². The van der Waals surface area contributed by atoms with Gasteiger partial charge in [-0.1, -0.05) is 19.1 Å². The van der Waals surface area contributed by atoms with Crippen LogP contribution in [0.15, 0.2) is 24.3 Å². The lowest BCUT2D eigenvalue weighted by molar-refractivity contribution is -0.124. The van der Waals surface area contributed by atoms with E-state index in [0.29, 0.717) is 19.6 Å². The molecule has 21 heavy (non-hydrogen) atoms. The maximum absolute atomic E-state index is 11.4. The number of amides is 1. The van der Waals surface area contributed by atoms with E-state index in [9.17, 15) is 4.79 Å². The van der Waals surface area contributed by atoms with Gasteiger partial charge in [0.2, 0.25) is 5.91 Å². The van der Waals surface area contributed by atoms with Crippen molar-refractivity contribution in [2.24, 2.45) is 5.92 Å². The van der Waals surface area contributed by atoms with Gasteiger partial charge < -0.3 is 15.0 Å². The SMILES string of the molecule is CNC(=O)C(C)CN(C)CCOc1ccc(CC#N)cc1. The Morgan fingerprint density at radius 2 is 2.10 bits per heavy atom. The molecule has 0 heterocycles. The second-order valence-corrected chi connectivity index (χ2v) is 5.10. The van der Waals surface area contributed by atoms with Gasteiger partial charge in [-0.3, -0.25) is 4.79 Å². The number of hydrogen-bond donors (Lipinski definition) is 1. The number of hydrogen-bond acceptors (Lipinski definition) is 4. The van der Waals surface area contributed by atoms with Crippen molar-refractivity contribution < 1.29 is 9.53 Å². The maximum Gasteiger partial charge on any atom is 0.223 e. The third-order valence-corrected chi connectivity index (χ3v) is 3.23. The summed E-state index contributed by atoms with van der Waals surface area (Å²) in [6.07, 6.45) is 0.417. The van der Waals surface area contributed by atoms with E-state index in [4.69, 9.17) is 10.00 Å². The van der Waals surface area contributed by atoms with Crippen LogP contribution in [0.2, 0.25) is 0 Å². The van der Waals surface area contributed by atoms with Gasteiger partial charge in [0.25, 0.3) is 0 Å². The quantitative estimate of drug-likeness (QED) is 0.786.